The van der Waals surface area contributed by atoms with Crippen LogP contribution in [-0.4, -0.2) is 25.5 Å². The predicted molar refractivity (Wildman–Crippen MR) is 58.7 cm³/mol. The SMILES string of the molecule is CCOC(=O)C(=O)c1c(OC)ccc(C)c1F. The third-order valence-electron chi connectivity index (χ3n) is 2.20. The smallest absolute Gasteiger partial charge is 0.379 e. The Morgan fingerprint density at radius 2 is 2.00 bits per heavy atom. The minimum atomic E-state index is -1.09. The van der Waals surface area contributed by atoms with Crippen LogP contribution < -0.4 is 4.74 Å². The fourth-order valence-corrected chi connectivity index (χ4v) is 1.34. The zero-order valence-corrected chi connectivity index (χ0v) is 9.87. The van der Waals surface area contributed by atoms with Gasteiger partial charge in [-0.2, -0.15) is 0 Å². The molecule has 1 aromatic carbocycles. The van der Waals surface area contributed by atoms with Crippen molar-refractivity contribution in [3.05, 3.63) is 29.1 Å². The molecule has 0 bridgehead atoms. The third-order valence-corrected chi connectivity index (χ3v) is 2.20. The normalized spacial score (nSPS) is 9.88. The van der Waals surface area contributed by atoms with Crippen LogP contribution in [0.3, 0.4) is 0 Å². The quantitative estimate of drug-likeness (QED) is 0.458. The monoisotopic (exact) mass is 240 g/mol. The van der Waals surface area contributed by atoms with E-state index in [1.54, 1.807) is 6.92 Å². The molecule has 92 valence electrons. The number of carbonyl (C=O) groups is 2. The van der Waals surface area contributed by atoms with E-state index in [2.05, 4.69) is 4.74 Å². The number of hydrogen-bond donors (Lipinski definition) is 0. The van der Waals surface area contributed by atoms with Gasteiger partial charge in [-0.1, -0.05) is 6.07 Å². The number of halogens is 1. The van der Waals surface area contributed by atoms with Gasteiger partial charge in [0, 0.05) is 0 Å². The maximum absolute atomic E-state index is 13.8. The number of benzene rings is 1. The van der Waals surface area contributed by atoms with Crippen LogP contribution >= 0.6 is 0 Å². The highest BCUT2D eigenvalue weighted by Crippen LogP contribution is 2.24. The molecule has 0 aliphatic heterocycles. The summed E-state index contributed by atoms with van der Waals surface area (Å²) in [4.78, 5) is 23.0. The Labute approximate surface area is 98.3 Å². The number of rotatable bonds is 4. The van der Waals surface area contributed by atoms with Crippen LogP contribution in [0.4, 0.5) is 4.39 Å². The van der Waals surface area contributed by atoms with Gasteiger partial charge in [0.25, 0.3) is 5.78 Å². The van der Waals surface area contributed by atoms with Gasteiger partial charge in [-0.15, -0.1) is 0 Å². The van der Waals surface area contributed by atoms with Gasteiger partial charge in [0.05, 0.1) is 13.7 Å². The average molecular weight is 240 g/mol. The van der Waals surface area contributed by atoms with Crippen molar-refractivity contribution in [1.82, 2.24) is 0 Å². The summed E-state index contributed by atoms with van der Waals surface area (Å²) in [5.41, 5.74) is -0.121. The van der Waals surface area contributed by atoms with Crippen molar-refractivity contribution in [2.24, 2.45) is 0 Å². The van der Waals surface area contributed by atoms with E-state index in [-0.39, 0.29) is 23.5 Å². The molecule has 0 unspecified atom stereocenters. The highest BCUT2D eigenvalue weighted by Gasteiger charge is 2.26. The lowest BCUT2D eigenvalue weighted by Crippen LogP contribution is -2.20. The summed E-state index contributed by atoms with van der Waals surface area (Å²) in [6.07, 6.45) is 0. The van der Waals surface area contributed by atoms with E-state index in [9.17, 15) is 14.0 Å². The molecule has 0 N–H and O–H groups in total. The van der Waals surface area contributed by atoms with Crippen LogP contribution in [0.1, 0.15) is 22.8 Å². The van der Waals surface area contributed by atoms with E-state index in [1.807, 2.05) is 0 Å². The van der Waals surface area contributed by atoms with Crippen molar-refractivity contribution >= 4 is 11.8 Å². The molecule has 0 radical (unpaired) electrons. The van der Waals surface area contributed by atoms with Gasteiger partial charge in [0.2, 0.25) is 0 Å². The van der Waals surface area contributed by atoms with Gasteiger partial charge >= 0.3 is 5.97 Å². The Balaban J connectivity index is 3.24. The molecule has 0 atom stereocenters. The molecular weight excluding hydrogens is 227 g/mol. The van der Waals surface area contributed by atoms with E-state index in [1.165, 1.54) is 26.2 Å². The minimum absolute atomic E-state index is 0.0196. The van der Waals surface area contributed by atoms with Crippen LogP contribution in [0.5, 0.6) is 5.75 Å². The second-order valence-electron chi connectivity index (χ2n) is 3.32. The summed E-state index contributed by atoms with van der Waals surface area (Å²) in [5.74, 6) is -2.87. The Hall–Kier alpha value is -1.91. The Morgan fingerprint density at radius 1 is 1.35 bits per heavy atom. The van der Waals surface area contributed by atoms with Crippen LogP contribution in [-0.2, 0) is 9.53 Å². The number of ketones is 1. The molecule has 0 amide bonds. The van der Waals surface area contributed by atoms with Gasteiger partial charge in [0.15, 0.2) is 0 Å². The largest absolute Gasteiger partial charge is 0.496 e. The highest BCUT2D eigenvalue weighted by molar-refractivity contribution is 6.41. The molecule has 0 fully saturated rings. The zero-order chi connectivity index (χ0) is 13.0. The molecule has 1 rings (SSSR count). The Kier molecular flexibility index (Phi) is 4.20. The van der Waals surface area contributed by atoms with E-state index in [0.717, 1.165) is 0 Å². The first kappa shape index (κ1) is 13.2. The second-order valence-corrected chi connectivity index (χ2v) is 3.32. The summed E-state index contributed by atoms with van der Waals surface area (Å²) in [6, 6.07) is 2.90. The summed E-state index contributed by atoms with van der Waals surface area (Å²) in [6.45, 7) is 3.12. The molecule has 0 spiro atoms. The van der Waals surface area contributed by atoms with Crippen LogP contribution in [0.15, 0.2) is 12.1 Å². The van der Waals surface area contributed by atoms with Crippen molar-refractivity contribution in [2.75, 3.05) is 13.7 Å². The van der Waals surface area contributed by atoms with Crippen molar-refractivity contribution < 1.29 is 23.5 Å². The topological polar surface area (TPSA) is 52.6 Å². The fraction of sp³-hybridized carbons (Fsp3) is 0.333. The standard InChI is InChI=1S/C12H13FO4/c1-4-17-12(15)11(14)9-8(16-3)6-5-7(2)10(9)13/h5-6H,4H2,1-3H3. The lowest BCUT2D eigenvalue weighted by Gasteiger charge is -2.09. The van der Waals surface area contributed by atoms with Gasteiger partial charge in [-0.25, -0.2) is 9.18 Å². The maximum Gasteiger partial charge on any atom is 0.379 e. The summed E-state index contributed by atoms with van der Waals surface area (Å²) in [5, 5.41) is 0. The molecule has 0 aliphatic rings. The first-order chi connectivity index (χ1) is 8.02. The lowest BCUT2D eigenvalue weighted by atomic mass is 10.1. The van der Waals surface area contributed by atoms with Gasteiger partial charge < -0.3 is 9.47 Å². The summed E-state index contributed by atoms with van der Waals surface area (Å²) >= 11 is 0. The molecule has 5 heteroatoms. The van der Waals surface area contributed by atoms with E-state index >= 15 is 0 Å². The zero-order valence-electron chi connectivity index (χ0n) is 9.87. The molecule has 1 aromatic rings. The number of Topliss-reactive ketones (excluding diaryl/α,β-unsaturated/α-hetero) is 1. The fourth-order valence-electron chi connectivity index (χ4n) is 1.34. The number of methoxy groups -OCH3 is 1. The van der Waals surface area contributed by atoms with E-state index in [0.29, 0.717) is 0 Å². The Morgan fingerprint density at radius 3 is 2.53 bits per heavy atom. The lowest BCUT2D eigenvalue weighted by molar-refractivity contribution is -0.137. The molecule has 4 nitrogen and oxygen atoms in total. The molecule has 0 aliphatic carbocycles. The molecule has 0 heterocycles. The van der Waals surface area contributed by atoms with Crippen LogP contribution in [0.25, 0.3) is 0 Å². The number of hydrogen-bond acceptors (Lipinski definition) is 4. The first-order valence-electron chi connectivity index (χ1n) is 5.07. The van der Waals surface area contributed by atoms with Crippen LogP contribution in [0.2, 0.25) is 0 Å². The molecule has 17 heavy (non-hydrogen) atoms. The molecule has 0 aromatic heterocycles. The van der Waals surface area contributed by atoms with E-state index in [4.69, 9.17) is 4.74 Å². The van der Waals surface area contributed by atoms with Crippen LogP contribution in [0, 0.1) is 12.7 Å². The summed E-state index contributed by atoms with van der Waals surface area (Å²) in [7, 11) is 1.30. The Bertz CT molecular complexity index is 454. The van der Waals surface area contributed by atoms with Gasteiger partial charge in [0.1, 0.15) is 17.1 Å². The predicted octanol–water partition coefficient (Wildman–Crippen LogP) is 1.89. The van der Waals surface area contributed by atoms with Gasteiger partial charge in [-0.3, -0.25) is 4.79 Å². The number of ether oxygens (including phenoxy) is 2. The van der Waals surface area contributed by atoms with E-state index < -0.39 is 17.6 Å². The number of carbonyl (C=O) groups excluding carboxylic acids is 2. The van der Waals surface area contributed by atoms with Crippen molar-refractivity contribution in [2.45, 2.75) is 13.8 Å². The van der Waals surface area contributed by atoms with Crippen molar-refractivity contribution in [1.29, 1.82) is 0 Å². The molecule has 0 saturated heterocycles. The maximum atomic E-state index is 13.8. The number of esters is 1. The van der Waals surface area contributed by atoms with Crippen molar-refractivity contribution in [3.8, 4) is 5.75 Å². The minimum Gasteiger partial charge on any atom is -0.496 e. The highest BCUT2D eigenvalue weighted by atomic mass is 19.1. The molecular formula is C12H13FO4. The van der Waals surface area contributed by atoms with Crippen molar-refractivity contribution in [3.63, 3.8) is 0 Å². The summed E-state index contributed by atoms with van der Waals surface area (Å²) < 4.78 is 23.2. The third kappa shape index (κ3) is 2.61. The molecule has 0 saturated carbocycles. The second kappa shape index (κ2) is 5.43. The first-order valence-corrected chi connectivity index (χ1v) is 5.07. The number of aryl methyl sites for hydroxylation is 1. The van der Waals surface area contributed by atoms with Gasteiger partial charge in [-0.05, 0) is 25.5 Å². The average Bonchev–Trinajstić information content (AvgIpc) is 2.32.